The molecule has 1 atom stereocenters. The van der Waals surface area contributed by atoms with Gasteiger partial charge in [-0.15, -0.1) is 0 Å². The van der Waals surface area contributed by atoms with Gasteiger partial charge in [0.15, 0.2) is 0 Å². The molecule has 0 saturated carbocycles. The minimum absolute atomic E-state index is 0.393. The van der Waals surface area contributed by atoms with E-state index in [1.54, 1.807) is 6.26 Å². The normalized spacial score (nSPS) is 12.6. The second kappa shape index (κ2) is 5.55. The fraction of sp³-hybridized carbons (Fsp3) is 0.231. The van der Waals surface area contributed by atoms with E-state index >= 15 is 0 Å². The van der Waals surface area contributed by atoms with Crippen LogP contribution in [0, 0.1) is 0 Å². The Labute approximate surface area is 109 Å². The van der Waals surface area contributed by atoms with Crippen molar-refractivity contribution in [3.8, 4) is 0 Å². The number of alkyl halides is 1. The van der Waals surface area contributed by atoms with Gasteiger partial charge in [-0.05, 0) is 29.8 Å². The molecule has 2 aromatic rings. The number of halogens is 2. The molecule has 0 N–H and O–H groups in total. The minimum atomic E-state index is 0.393. The summed E-state index contributed by atoms with van der Waals surface area (Å²) in [4.78, 5) is 0. The molecule has 2 rings (SSSR count). The second-order valence-electron chi connectivity index (χ2n) is 3.69. The maximum atomic E-state index is 5.99. The van der Waals surface area contributed by atoms with Crippen LogP contribution < -0.4 is 0 Å². The topological polar surface area (TPSA) is 13.1 Å². The highest BCUT2D eigenvalue weighted by Crippen LogP contribution is 2.25. The van der Waals surface area contributed by atoms with Crippen molar-refractivity contribution in [3.05, 3.63) is 59.0 Å². The lowest BCUT2D eigenvalue weighted by Gasteiger charge is -2.13. The molecule has 3 heteroatoms. The molecule has 0 spiro atoms. The molecule has 0 aliphatic rings. The fourth-order valence-electron chi connectivity index (χ4n) is 1.69. The molecule has 0 saturated heterocycles. The number of hydrogen-bond acceptors (Lipinski definition) is 1. The maximum absolute atomic E-state index is 5.99. The average molecular weight is 300 g/mol. The largest absolute Gasteiger partial charge is 0.469 e. The Bertz CT molecular complexity index is 439. The van der Waals surface area contributed by atoms with Gasteiger partial charge in [0.25, 0.3) is 0 Å². The van der Waals surface area contributed by atoms with Crippen molar-refractivity contribution in [2.75, 3.05) is 5.33 Å². The van der Waals surface area contributed by atoms with Crippen molar-refractivity contribution in [3.63, 3.8) is 0 Å². The van der Waals surface area contributed by atoms with E-state index in [0.717, 1.165) is 22.5 Å². The van der Waals surface area contributed by atoms with Crippen LogP contribution >= 0.6 is 27.5 Å². The second-order valence-corrected chi connectivity index (χ2v) is 4.77. The van der Waals surface area contributed by atoms with Crippen molar-refractivity contribution in [2.24, 2.45) is 0 Å². The van der Waals surface area contributed by atoms with Gasteiger partial charge < -0.3 is 4.42 Å². The maximum Gasteiger partial charge on any atom is 0.104 e. The molecule has 0 bridgehead atoms. The van der Waals surface area contributed by atoms with Crippen LogP contribution in [0.25, 0.3) is 0 Å². The molecule has 0 aliphatic carbocycles. The van der Waals surface area contributed by atoms with Crippen molar-refractivity contribution < 1.29 is 4.42 Å². The van der Waals surface area contributed by atoms with Gasteiger partial charge in [-0.25, -0.2) is 0 Å². The summed E-state index contributed by atoms with van der Waals surface area (Å²) in [6, 6.07) is 11.9. The van der Waals surface area contributed by atoms with Crippen LogP contribution in [0.5, 0.6) is 0 Å². The van der Waals surface area contributed by atoms with E-state index in [1.165, 1.54) is 5.56 Å². The monoisotopic (exact) mass is 298 g/mol. The summed E-state index contributed by atoms with van der Waals surface area (Å²) >= 11 is 9.53. The minimum Gasteiger partial charge on any atom is -0.469 e. The number of benzene rings is 1. The first-order valence-corrected chi connectivity index (χ1v) is 6.63. The molecule has 0 aliphatic heterocycles. The van der Waals surface area contributed by atoms with Gasteiger partial charge in [-0.3, -0.25) is 0 Å². The van der Waals surface area contributed by atoms with Crippen molar-refractivity contribution in [2.45, 2.75) is 12.3 Å². The highest BCUT2D eigenvalue weighted by atomic mass is 79.9. The summed E-state index contributed by atoms with van der Waals surface area (Å²) in [5.74, 6) is 1.40. The molecular formula is C13H12BrClO. The molecular weight excluding hydrogens is 287 g/mol. The van der Waals surface area contributed by atoms with Crippen LogP contribution in [-0.4, -0.2) is 5.33 Å². The summed E-state index contributed by atoms with van der Waals surface area (Å²) in [5.41, 5.74) is 1.24. The standard InChI is InChI=1S/C13H12BrClO/c14-9-11(8-13-5-2-6-16-13)10-3-1-4-12(15)7-10/h1-7,11H,8-9H2. The zero-order valence-electron chi connectivity index (χ0n) is 8.70. The van der Waals surface area contributed by atoms with E-state index in [4.69, 9.17) is 16.0 Å². The molecule has 1 unspecified atom stereocenters. The van der Waals surface area contributed by atoms with Gasteiger partial charge >= 0.3 is 0 Å². The first-order chi connectivity index (χ1) is 7.79. The van der Waals surface area contributed by atoms with Gasteiger partial charge in [0.2, 0.25) is 0 Å². The highest BCUT2D eigenvalue weighted by Gasteiger charge is 2.12. The summed E-state index contributed by atoms with van der Waals surface area (Å²) in [7, 11) is 0. The van der Waals surface area contributed by atoms with Crippen LogP contribution in [0.2, 0.25) is 5.02 Å². The predicted molar refractivity (Wildman–Crippen MR) is 70.4 cm³/mol. The van der Waals surface area contributed by atoms with Crippen molar-refractivity contribution in [1.82, 2.24) is 0 Å². The molecule has 0 fully saturated rings. The van der Waals surface area contributed by atoms with E-state index in [9.17, 15) is 0 Å². The van der Waals surface area contributed by atoms with E-state index < -0.39 is 0 Å². The zero-order valence-corrected chi connectivity index (χ0v) is 11.0. The van der Waals surface area contributed by atoms with Gasteiger partial charge in [0.05, 0.1) is 6.26 Å². The van der Waals surface area contributed by atoms with Crippen LogP contribution in [0.3, 0.4) is 0 Å². The number of furan rings is 1. The highest BCUT2D eigenvalue weighted by molar-refractivity contribution is 9.09. The first-order valence-electron chi connectivity index (χ1n) is 5.13. The van der Waals surface area contributed by atoms with E-state index in [-0.39, 0.29) is 0 Å². The van der Waals surface area contributed by atoms with E-state index in [2.05, 4.69) is 22.0 Å². The Balaban J connectivity index is 2.16. The Morgan fingerprint density at radius 1 is 1.25 bits per heavy atom. The lowest BCUT2D eigenvalue weighted by molar-refractivity contribution is 0.494. The predicted octanol–water partition coefficient (Wildman–Crippen LogP) is 4.65. The van der Waals surface area contributed by atoms with Gasteiger partial charge in [0, 0.05) is 22.7 Å². The summed E-state index contributed by atoms with van der Waals surface area (Å²) in [6.45, 7) is 0. The van der Waals surface area contributed by atoms with Crippen LogP contribution in [0.4, 0.5) is 0 Å². The van der Waals surface area contributed by atoms with Crippen molar-refractivity contribution >= 4 is 27.5 Å². The molecule has 0 radical (unpaired) electrons. The third kappa shape index (κ3) is 2.89. The van der Waals surface area contributed by atoms with E-state index in [0.29, 0.717) is 5.92 Å². The van der Waals surface area contributed by atoms with Gasteiger partial charge in [-0.2, -0.15) is 0 Å². The Morgan fingerprint density at radius 2 is 2.12 bits per heavy atom. The van der Waals surface area contributed by atoms with Gasteiger partial charge in [0.1, 0.15) is 5.76 Å². The van der Waals surface area contributed by atoms with Crippen LogP contribution in [0.15, 0.2) is 47.1 Å². The Kier molecular flexibility index (Phi) is 4.08. The fourth-order valence-corrected chi connectivity index (χ4v) is 2.50. The Morgan fingerprint density at radius 3 is 2.75 bits per heavy atom. The quantitative estimate of drug-likeness (QED) is 0.749. The van der Waals surface area contributed by atoms with E-state index in [1.807, 2.05) is 30.3 Å². The Hall–Kier alpha value is -0.730. The molecule has 1 aromatic heterocycles. The smallest absolute Gasteiger partial charge is 0.104 e. The third-order valence-corrected chi connectivity index (χ3v) is 3.55. The molecule has 0 amide bonds. The first kappa shape index (κ1) is 11.7. The molecule has 84 valence electrons. The average Bonchev–Trinajstić information content (AvgIpc) is 2.78. The summed E-state index contributed by atoms with van der Waals surface area (Å²) < 4.78 is 5.36. The summed E-state index contributed by atoms with van der Waals surface area (Å²) in [5, 5.41) is 1.68. The lowest BCUT2D eigenvalue weighted by Crippen LogP contribution is -2.03. The molecule has 1 nitrogen and oxygen atoms in total. The lowest BCUT2D eigenvalue weighted by atomic mass is 9.97. The van der Waals surface area contributed by atoms with Gasteiger partial charge in [-0.1, -0.05) is 39.7 Å². The van der Waals surface area contributed by atoms with Crippen molar-refractivity contribution in [1.29, 1.82) is 0 Å². The molecule has 1 heterocycles. The zero-order chi connectivity index (χ0) is 11.4. The SMILES string of the molecule is Clc1cccc(C(CBr)Cc2ccco2)c1. The van der Waals surface area contributed by atoms with Crippen LogP contribution in [0.1, 0.15) is 17.2 Å². The number of rotatable bonds is 4. The van der Waals surface area contributed by atoms with Crippen LogP contribution in [-0.2, 0) is 6.42 Å². The summed E-state index contributed by atoms with van der Waals surface area (Å²) in [6.07, 6.45) is 2.59. The molecule has 16 heavy (non-hydrogen) atoms. The molecule has 1 aromatic carbocycles. The third-order valence-electron chi connectivity index (χ3n) is 2.53. The number of hydrogen-bond donors (Lipinski definition) is 0.